The van der Waals surface area contributed by atoms with E-state index in [-0.39, 0.29) is 5.97 Å². The molecule has 1 saturated carbocycles. The number of nitrogens with two attached hydrogens (primary N) is 1. The van der Waals surface area contributed by atoms with Crippen molar-refractivity contribution in [3.05, 3.63) is 23.3 Å². The molecule has 1 aromatic rings. The number of aryl methyl sites for hydroxylation is 1. The van der Waals surface area contributed by atoms with Gasteiger partial charge in [-0.2, -0.15) is 0 Å². The molecule has 2 rings (SSSR count). The van der Waals surface area contributed by atoms with Gasteiger partial charge in [-0.3, -0.25) is 0 Å². The molecule has 0 aliphatic heterocycles. The highest BCUT2D eigenvalue weighted by Crippen LogP contribution is 2.31. The van der Waals surface area contributed by atoms with E-state index in [1.54, 1.807) is 6.07 Å². The SMILES string of the molecule is COC(=O)c1cc(NCC2CCC(C)C2)cc(C)c1N. The second-order valence-electron chi connectivity index (χ2n) is 5.91. The molecule has 0 heterocycles. The third-order valence-corrected chi connectivity index (χ3v) is 4.19. The number of carbonyl (C=O) groups is 1. The van der Waals surface area contributed by atoms with Gasteiger partial charge in [-0.1, -0.05) is 13.3 Å². The molecule has 0 bridgehead atoms. The number of ether oxygens (including phenoxy) is 1. The summed E-state index contributed by atoms with van der Waals surface area (Å²) in [6, 6.07) is 3.77. The van der Waals surface area contributed by atoms with E-state index in [4.69, 9.17) is 10.5 Å². The highest BCUT2D eigenvalue weighted by Gasteiger charge is 2.21. The standard InChI is InChI=1S/C16H24N2O2/c1-10-4-5-12(6-10)9-18-13-7-11(2)15(17)14(8-13)16(19)20-3/h7-8,10,12,18H,4-6,9,17H2,1-3H3. The van der Waals surface area contributed by atoms with Crippen LogP contribution in [0.3, 0.4) is 0 Å². The molecule has 20 heavy (non-hydrogen) atoms. The largest absolute Gasteiger partial charge is 0.465 e. The molecule has 2 unspecified atom stereocenters. The zero-order valence-electron chi connectivity index (χ0n) is 12.5. The Morgan fingerprint density at radius 3 is 2.80 bits per heavy atom. The fraction of sp³-hybridized carbons (Fsp3) is 0.562. The number of rotatable bonds is 4. The maximum absolute atomic E-state index is 11.7. The Bertz CT molecular complexity index is 499. The van der Waals surface area contributed by atoms with Gasteiger partial charge in [0.15, 0.2) is 0 Å². The number of hydrogen-bond acceptors (Lipinski definition) is 4. The minimum absolute atomic E-state index is 0.385. The lowest BCUT2D eigenvalue weighted by Crippen LogP contribution is -2.13. The molecule has 1 aliphatic rings. The highest BCUT2D eigenvalue weighted by molar-refractivity contribution is 5.97. The van der Waals surface area contributed by atoms with Crippen molar-refractivity contribution in [2.45, 2.75) is 33.1 Å². The number of benzene rings is 1. The number of nitrogens with one attached hydrogen (secondary N) is 1. The van der Waals surface area contributed by atoms with Gasteiger partial charge in [-0.15, -0.1) is 0 Å². The minimum Gasteiger partial charge on any atom is -0.465 e. The Balaban J connectivity index is 2.08. The van der Waals surface area contributed by atoms with E-state index in [0.29, 0.717) is 11.3 Å². The third kappa shape index (κ3) is 3.24. The Morgan fingerprint density at radius 2 is 2.20 bits per heavy atom. The Hall–Kier alpha value is -1.71. The summed E-state index contributed by atoms with van der Waals surface area (Å²) >= 11 is 0. The second kappa shape index (κ2) is 6.16. The van der Waals surface area contributed by atoms with Crippen LogP contribution in [0.2, 0.25) is 0 Å². The number of methoxy groups -OCH3 is 1. The predicted octanol–water partition coefficient (Wildman–Crippen LogP) is 3.21. The van der Waals surface area contributed by atoms with Gasteiger partial charge < -0.3 is 15.8 Å². The lowest BCUT2D eigenvalue weighted by Gasteiger charge is -2.15. The first-order valence-electron chi connectivity index (χ1n) is 7.23. The first-order valence-corrected chi connectivity index (χ1v) is 7.23. The van der Waals surface area contributed by atoms with E-state index in [2.05, 4.69) is 12.2 Å². The van der Waals surface area contributed by atoms with E-state index >= 15 is 0 Å². The van der Waals surface area contributed by atoms with Crippen LogP contribution >= 0.6 is 0 Å². The van der Waals surface area contributed by atoms with Crippen LogP contribution in [0.15, 0.2) is 12.1 Å². The van der Waals surface area contributed by atoms with Crippen molar-refractivity contribution in [3.63, 3.8) is 0 Å². The number of carbonyl (C=O) groups excluding carboxylic acids is 1. The van der Waals surface area contributed by atoms with Crippen LogP contribution in [0.25, 0.3) is 0 Å². The van der Waals surface area contributed by atoms with Crippen molar-refractivity contribution in [2.75, 3.05) is 24.7 Å². The summed E-state index contributed by atoms with van der Waals surface area (Å²) in [6.07, 6.45) is 3.89. The number of esters is 1. The fourth-order valence-corrected chi connectivity index (χ4v) is 2.95. The van der Waals surface area contributed by atoms with Gasteiger partial charge in [0.1, 0.15) is 0 Å². The molecule has 1 aliphatic carbocycles. The summed E-state index contributed by atoms with van der Waals surface area (Å²) < 4.78 is 4.77. The maximum Gasteiger partial charge on any atom is 0.340 e. The van der Waals surface area contributed by atoms with Gasteiger partial charge in [-0.25, -0.2) is 4.79 Å². The van der Waals surface area contributed by atoms with Crippen LogP contribution in [-0.2, 0) is 4.74 Å². The fourth-order valence-electron chi connectivity index (χ4n) is 2.95. The molecule has 1 fully saturated rings. The average Bonchev–Trinajstić information content (AvgIpc) is 2.85. The molecule has 110 valence electrons. The molecule has 1 aromatic carbocycles. The molecular weight excluding hydrogens is 252 g/mol. The molecule has 3 N–H and O–H groups in total. The van der Waals surface area contributed by atoms with Crippen molar-refractivity contribution < 1.29 is 9.53 Å². The summed E-state index contributed by atoms with van der Waals surface area (Å²) in [5.74, 6) is 1.17. The van der Waals surface area contributed by atoms with Gasteiger partial charge in [0, 0.05) is 17.9 Å². The van der Waals surface area contributed by atoms with Crippen molar-refractivity contribution in [1.82, 2.24) is 0 Å². The van der Waals surface area contributed by atoms with Crippen LogP contribution in [0.1, 0.15) is 42.1 Å². The molecule has 2 atom stereocenters. The summed E-state index contributed by atoms with van der Waals surface area (Å²) in [4.78, 5) is 11.7. The van der Waals surface area contributed by atoms with Crippen LogP contribution in [0, 0.1) is 18.8 Å². The molecular formula is C16H24N2O2. The second-order valence-corrected chi connectivity index (χ2v) is 5.91. The Labute approximate surface area is 120 Å². The van der Waals surface area contributed by atoms with E-state index in [1.807, 2.05) is 13.0 Å². The van der Waals surface area contributed by atoms with E-state index < -0.39 is 0 Å². The quantitative estimate of drug-likeness (QED) is 0.654. The minimum atomic E-state index is -0.385. The van der Waals surface area contributed by atoms with Gasteiger partial charge in [0.25, 0.3) is 0 Å². The van der Waals surface area contributed by atoms with E-state index in [9.17, 15) is 4.79 Å². The van der Waals surface area contributed by atoms with Crippen LogP contribution in [0.4, 0.5) is 11.4 Å². The van der Waals surface area contributed by atoms with Crippen LogP contribution in [0.5, 0.6) is 0 Å². The topological polar surface area (TPSA) is 64.3 Å². The van der Waals surface area contributed by atoms with Crippen molar-refractivity contribution in [2.24, 2.45) is 11.8 Å². The average molecular weight is 276 g/mol. The smallest absolute Gasteiger partial charge is 0.340 e. The normalized spacial score (nSPS) is 21.8. The Kier molecular flexibility index (Phi) is 4.53. The summed E-state index contributed by atoms with van der Waals surface area (Å²) in [6.45, 7) is 5.17. The van der Waals surface area contributed by atoms with Crippen molar-refractivity contribution >= 4 is 17.3 Å². The van der Waals surface area contributed by atoms with Crippen LogP contribution in [-0.4, -0.2) is 19.6 Å². The summed E-state index contributed by atoms with van der Waals surface area (Å²) in [7, 11) is 1.37. The van der Waals surface area contributed by atoms with Crippen molar-refractivity contribution in [3.8, 4) is 0 Å². The van der Waals surface area contributed by atoms with Gasteiger partial charge in [0.2, 0.25) is 0 Å². The molecule has 0 aromatic heterocycles. The molecule has 4 heteroatoms. The summed E-state index contributed by atoms with van der Waals surface area (Å²) in [5, 5.41) is 3.43. The van der Waals surface area contributed by atoms with Gasteiger partial charge >= 0.3 is 5.97 Å². The molecule has 4 nitrogen and oxygen atoms in total. The van der Waals surface area contributed by atoms with Crippen LogP contribution < -0.4 is 11.1 Å². The number of hydrogen-bond donors (Lipinski definition) is 2. The lowest BCUT2D eigenvalue weighted by molar-refractivity contribution is 0.0602. The predicted molar refractivity (Wildman–Crippen MR) is 81.9 cm³/mol. The van der Waals surface area contributed by atoms with Gasteiger partial charge in [-0.05, 0) is 49.3 Å². The van der Waals surface area contributed by atoms with E-state index in [1.165, 1.54) is 26.4 Å². The summed E-state index contributed by atoms with van der Waals surface area (Å²) in [5.41, 5.74) is 8.71. The van der Waals surface area contributed by atoms with E-state index in [0.717, 1.165) is 29.6 Å². The molecule has 0 spiro atoms. The molecule has 0 radical (unpaired) electrons. The maximum atomic E-state index is 11.7. The number of anilines is 2. The molecule has 0 saturated heterocycles. The number of nitrogen functional groups attached to an aromatic ring is 1. The highest BCUT2D eigenvalue weighted by atomic mass is 16.5. The monoisotopic (exact) mass is 276 g/mol. The first kappa shape index (κ1) is 14.7. The first-order chi connectivity index (χ1) is 9.51. The zero-order valence-corrected chi connectivity index (χ0v) is 12.5. The Morgan fingerprint density at radius 1 is 1.45 bits per heavy atom. The third-order valence-electron chi connectivity index (χ3n) is 4.19. The van der Waals surface area contributed by atoms with Crippen molar-refractivity contribution in [1.29, 1.82) is 0 Å². The van der Waals surface area contributed by atoms with Gasteiger partial charge in [0.05, 0.1) is 12.7 Å². The molecule has 0 amide bonds. The zero-order chi connectivity index (χ0) is 14.7. The lowest BCUT2D eigenvalue weighted by atomic mass is 10.0.